The molecule has 1 amide bonds. The van der Waals surface area contributed by atoms with E-state index >= 15 is 0 Å². The highest BCUT2D eigenvalue weighted by atomic mass is 32.1. The highest BCUT2D eigenvalue weighted by Crippen LogP contribution is 2.33. The molecule has 1 aromatic carbocycles. The quantitative estimate of drug-likeness (QED) is 0.707. The number of thiazole rings is 1. The average molecular weight is 349 g/mol. The van der Waals surface area contributed by atoms with E-state index in [0.29, 0.717) is 12.2 Å². The molecule has 0 N–H and O–H groups in total. The molecule has 126 valence electrons. The standard InChI is InChI=1S/C20H19N3OS/c24-19(17-11-6-7-13-21-17)23(14-15-8-2-1-3-9-15)20-22-16-10-4-5-12-18(16)25-20/h1-3,6-9,11,13H,4-5,10,12,14H2. The van der Waals surface area contributed by atoms with Crippen LogP contribution in [-0.2, 0) is 19.4 Å². The molecule has 1 aliphatic rings. The zero-order valence-corrected chi connectivity index (χ0v) is 14.7. The van der Waals surface area contributed by atoms with Gasteiger partial charge in [0, 0.05) is 11.1 Å². The lowest BCUT2D eigenvalue weighted by molar-refractivity contribution is 0.0980. The number of pyridine rings is 1. The zero-order valence-electron chi connectivity index (χ0n) is 13.9. The summed E-state index contributed by atoms with van der Waals surface area (Å²) in [6.07, 6.45) is 6.14. The number of amides is 1. The Morgan fingerprint density at radius 2 is 1.84 bits per heavy atom. The molecule has 2 heterocycles. The van der Waals surface area contributed by atoms with Crippen LogP contribution < -0.4 is 4.90 Å². The van der Waals surface area contributed by atoms with Crippen LogP contribution in [0, 0.1) is 0 Å². The second kappa shape index (κ2) is 7.15. The molecule has 0 aliphatic heterocycles. The van der Waals surface area contributed by atoms with E-state index in [4.69, 9.17) is 4.98 Å². The molecule has 0 radical (unpaired) electrons. The van der Waals surface area contributed by atoms with E-state index in [1.807, 2.05) is 42.5 Å². The van der Waals surface area contributed by atoms with Gasteiger partial charge in [-0.3, -0.25) is 14.7 Å². The second-order valence-electron chi connectivity index (χ2n) is 6.17. The van der Waals surface area contributed by atoms with Gasteiger partial charge in [0.05, 0.1) is 12.2 Å². The van der Waals surface area contributed by atoms with Crippen molar-refractivity contribution in [2.45, 2.75) is 32.2 Å². The van der Waals surface area contributed by atoms with Crippen LogP contribution >= 0.6 is 11.3 Å². The van der Waals surface area contributed by atoms with E-state index in [1.54, 1.807) is 28.5 Å². The lowest BCUT2D eigenvalue weighted by Gasteiger charge is -2.19. The van der Waals surface area contributed by atoms with Gasteiger partial charge in [-0.15, -0.1) is 11.3 Å². The Morgan fingerprint density at radius 1 is 1.04 bits per heavy atom. The summed E-state index contributed by atoms with van der Waals surface area (Å²) >= 11 is 1.65. The lowest BCUT2D eigenvalue weighted by atomic mass is 10.0. The highest BCUT2D eigenvalue weighted by molar-refractivity contribution is 7.16. The number of aromatic nitrogens is 2. The van der Waals surface area contributed by atoms with Gasteiger partial charge in [0.15, 0.2) is 5.13 Å². The van der Waals surface area contributed by atoms with E-state index in [2.05, 4.69) is 4.98 Å². The molecule has 4 rings (SSSR count). The third-order valence-corrected chi connectivity index (χ3v) is 5.56. The van der Waals surface area contributed by atoms with Crippen molar-refractivity contribution >= 4 is 22.4 Å². The molecule has 0 fully saturated rings. The molecule has 0 saturated carbocycles. The Bertz CT molecular complexity index is 838. The number of carbonyl (C=O) groups is 1. The average Bonchev–Trinajstić information content (AvgIpc) is 3.11. The summed E-state index contributed by atoms with van der Waals surface area (Å²) in [5.41, 5.74) is 2.70. The predicted octanol–water partition coefficient (Wildman–Crippen LogP) is 4.26. The van der Waals surface area contributed by atoms with Crippen molar-refractivity contribution in [1.82, 2.24) is 9.97 Å². The number of carbonyl (C=O) groups excluding carboxylic acids is 1. The Labute approximate surface area is 151 Å². The first-order valence-corrected chi connectivity index (χ1v) is 9.38. The van der Waals surface area contributed by atoms with Crippen molar-refractivity contribution < 1.29 is 4.79 Å². The van der Waals surface area contributed by atoms with E-state index in [0.717, 1.165) is 29.2 Å². The van der Waals surface area contributed by atoms with Crippen molar-refractivity contribution in [3.8, 4) is 0 Å². The lowest BCUT2D eigenvalue weighted by Crippen LogP contribution is -2.31. The van der Waals surface area contributed by atoms with Gasteiger partial charge in [0.1, 0.15) is 5.69 Å². The molecule has 3 aromatic rings. The number of benzene rings is 1. The first kappa shape index (κ1) is 16.0. The van der Waals surface area contributed by atoms with Crippen LogP contribution in [0.4, 0.5) is 5.13 Å². The summed E-state index contributed by atoms with van der Waals surface area (Å²) in [5, 5.41) is 0.784. The maximum Gasteiger partial charge on any atom is 0.278 e. The number of nitrogens with zero attached hydrogens (tertiary/aromatic N) is 3. The fourth-order valence-corrected chi connectivity index (χ4v) is 4.22. The molecule has 0 bridgehead atoms. The largest absolute Gasteiger partial charge is 0.278 e. The summed E-state index contributed by atoms with van der Waals surface area (Å²) in [6, 6.07) is 15.5. The normalized spacial score (nSPS) is 13.3. The summed E-state index contributed by atoms with van der Waals surface area (Å²) in [6.45, 7) is 0.503. The molecule has 4 nitrogen and oxygen atoms in total. The number of hydrogen-bond donors (Lipinski definition) is 0. The van der Waals surface area contributed by atoms with Gasteiger partial charge in [-0.2, -0.15) is 0 Å². The third-order valence-electron chi connectivity index (χ3n) is 4.38. The first-order chi connectivity index (χ1) is 12.3. The Kier molecular flexibility index (Phi) is 4.57. The summed E-state index contributed by atoms with van der Waals surface area (Å²) in [7, 11) is 0. The van der Waals surface area contributed by atoms with E-state index in [-0.39, 0.29) is 5.91 Å². The van der Waals surface area contributed by atoms with Crippen LogP contribution in [0.5, 0.6) is 0 Å². The van der Waals surface area contributed by atoms with Gasteiger partial charge in [0.2, 0.25) is 0 Å². The van der Waals surface area contributed by atoms with Gasteiger partial charge < -0.3 is 0 Å². The number of aryl methyl sites for hydroxylation is 2. The predicted molar refractivity (Wildman–Crippen MR) is 99.9 cm³/mol. The van der Waals surface area contributed by atoms with Crippen molar-refractivity contribution in [2.24, 2.45) is 0 Å². The second-order valence-corrected chi connectivity index (χ2v) is 7.23. The molecule has 0 spiro atoms. The molecule has 0 unspecified atom stereocenters. The van der Waals surface area contributed by atoms with Gasteiger partial charge in [-0.05, 0) is 43.4 Å². The molecule has 2 aromatic heterocycles. The molecular weight excluding hydrogens is 330 g/mol. The number of anilines is 1. The monoisotopic (exact) mass is 349 g/mol. The fraction of sp³-hybridized carbons (Fsp3) is 0.250. The SMILES string of the molecule is O=C(c1ccccn1)N(Cc1ccccc1)c1nc2c(s1)CCCC2. The van der Waals surface area contributed by atoms with Gasteiger partial charge in [-0.1, -0.05) is 36.4 Å². The van der Waals surface area contributed by atoms with Gasteiger partial charge in [0.25, 0.3) is 5.91 Å². The molecular formula is C20H19N3OS. The molecule has 5 heteroatoms. The summed E-state index contributed by atoms with van der Waals surface area (Å²) in [4.78, 5) is 25.2. The van der Waals surface area contributed by atoms with Gasteiger partial charge in [-0.25, -0.2) is 4.98 Å². The smallest absolute Gasteiger partial charge is 0.278 e. The Balaban J connectivity index is 1.70. The van der Waals surface area contributed by atoms with Crippen molar-refractivity contribution in [1.29, 1.82) is 0 Å². The summed E-state index contributed by atoms with van der Waals surface area (Å²) < 4.78 is 0. The summed E-state index contributed by atoms with van der Waals surface area (Å²) in [5.74, 6) is -0.101. The van der Waals surface area contributed by atoms with Crippen molar-refractivity contribution in [3.63, 3.8) is 0 Å². The Hall–Kier alpha value is -2.53. The van der Waals surface area contributed by atoms with Crippen LogP contribution in [0.3, 0.4) is 0 Å². The number of rotatable bonds is 4. The molecule has 1 aliphatic carbocycles. The Morgan fingerprint density at radius 3 is 2.60 bits per heavy atom. The maximum atomic E-state index is 13.1. The number of hydrogen-bond acceptors (Lipinski definition) is 4. The van der Waals surface area contributed by atoms with Crippen LogP contribution in [0.2, 0.25) is 0 Å². The minimum Gasteiger partial charge on any atom is -0.278 e. The minimum absolute atomic E-state index is 0.101. The van der Waals surface area contributed by atoms with Crippen LogP contribution in [0.15, 0.2) is 54.7 Å². The van der Waals surface area contributed by atoms with E-state index in [1.165, 1.54) is 17.7 Å². The third kappa shape index (κ3) is 3.46. The first-order valence-electron chi connectivity index (χ1n) is 8.56. The topological polar surface area (TPSA) is 46.1 Å². The van der Waals surface area contributed by atoms with E-state index < -0.39 is 0 Å². The number of fused-ring (bicyclic) bond motifs is 1. The van der Waals surface area contributed by atoms with Crippen LogP contribution in [0.1, 0.15) is 39.5 Å². The van der Waals surface area contributed by atoms with Crippen LogP contribution in [0.25, 0.3) is 0 Å². The van der Waals surface area contributed by atoms with Crippen LogP contribution in [-0.4, -0.2) is 15.9 Å². The van der Waals surface area contributed by atoms with Crippen molar-refractivity contribution in [2.75, 3.05) is 4.90 Å². The molecule has 0 atom stereocenters. The van der Waals surface area contributed by atoms with Crippen molar-refractivity contribution in [3.05, 3.63) is 76.6 Å². The fourth-order valence-electron chi connectivity index (χ4n) is 3.07. The van der Waals surface area contributed by atoms with Gasteiger partial charge >= 0.3 is 0 Å². The minimum atomic E-state index is -0.101. The highest BCUT2D eigenvalue weighted by Gasteiger charge is 2.25. The van der Waals surface area contributed by atoms with E-state index in [9.17, 15) is 4.79 Å². The maximum absolute atomic E-state index is 13.1. The zero-order chi connectivity index (χ0) is 17.1. The molecule has 25 heavy (non-hydrogen) atoms. The molecule has 0 saturated heterocycles.